The minimum absolute atomic E-state index is 0.0332. The van der Waals surface area contributed by atoms with Crippen LogP contribution >= 0.6 is 0 Å². The summed E-state index contributed by atoms with van der Waals surface area (Å²) < 4.78 is 0. The van der Waals surface area contributed by atoms with Crippen LogP contribution in [0.4, 0.5) is 0 Å². The van der Waals surface area contributed by atoms with Crippen molar-refractivity contribution in [2.45, 2.75) is 59.8 Å². The molecule has 0 aromatic rings. The highest BCUT2D eigenvalue weighted by Gasteiger charge is 2.20. The fourth-order valence-electron chi connectivity index (χ4n) is 1.41. The first kappa shape index (κ1) is 16.9. The second kappa shape index (κ2) is 8.95. The zero-order valence-corrected chi connectivity index (χ0v) is 12.3. The zero-order valence-electron chi connectivity index (χ0n) is 12.3. The quantitative estimate of drug-likeness (QED) is 0.654. The van der Waals surface area contributed by atoms with E-state index >= 15 is 0 Å². The van der Waals surface area contributed by atoms with Gasteiger partial charge in [-0.05, 0) is 12.8 Å². The van der Waals surface area contributed by atoms with Gasteiger partial charge in [-0.25, -0.2) is 0 Å². The molecule has 0 aliphatic carbocycles. The third-order valence-corrected chi connectivity index (χ3v) is 2.65. The van der Waals surface area contributed by atoms with Crippen LogP contribution in [0.15, 0.2) is 0 Å². The van der Waals surface area contributed by atoms with Crippen molar-refractivity contribution in [3.05, 3.63) is 0 Å². The highest BCUT2D eigenvalue weighted by atomic mass is 16.2. The van der Waals surface area contributed by atoms with Crippen LogP contribution in [0.2, 0.25) is 0 Å². The van der Waals surface area contributed by atoms with Gasteiger partial charge in [-0.1, -0.05) is 40.5 Å². The Balaban J connectivity index is 3.49. The highest BCUT2D eigenvalue weighted by molar-refractivity contribution is 5.81. The second-order valence-corrected chi connectivity index (χ2v) is 5.67. The molecule has 0 radical (unpaired) electrons. The molecule has 4 heteroatoms. The third kappa shape index (κ3) is 9.02. The number of hydrogen-bond acceptors (Lipinski definition) is 2. The number of carbonyl (C=O) groups is 2. The minimum atomic E-state index is -0.359. The molecular formula is C14H28N2O2. The van der Waals surface area contributed by atoms with Crippen LogP contribution in [-0.2, 0) is 9.59 Å². The van der Waals surface area contributed by atoms with Gasteiger partial charge in [0.05, 0.1) is 0 Å². The van der Waals surface area contributed by atoms with Crippen LogP contribution in [0.1, 0.15) is 59.8 Å². The Morgan fingerprint density at radius 2 is 1.56 bits per heavy atom. The predicted molar refractivity (Wildman–Crippen MR) is 74.2 cm³/mol. The Morgan fingerprint density at radius 1 is 0.944 bits per heavy atom. The van der Waals surface area contributed by atoms with Gasteiger partial charge < -0.3 is 10.6 Å². The molecule has 0 heterocycles. The third-order valence-electron chi connectivity index (χ3n) is 2.65. The molecule has 0 bridgehead atoms. The van der Waals surface area contributed by atoms with Gasteiger partial charge in [0.1, 0.15) is 0 Å². The van der Waals surface area contributed by atoms with E-state index in [4.69, 9.17) is 0 Å². The maximum Gasteiger partial charge on any atom is 0.225 e. The monoisotopic (exact) mass is 256 g/mol. The van der Waals surface area contributed by atoms with Crippen molar-refractivity contribution in [1.82, 2.24) is 10.6 Å². The van der Waals surface area contributed by atoms with E-state index in [-0.39, 0.29) is 17.2 Å². The summed E-state index contributed by atoms with van der Waals surface area (Å²) in [6.45, 7) is 9.10. The number of unbranched alkanes of at least 4 members (excludes halogenated alkanes) is 2. The summed E-state index contributed by atoms with van der Waals surface area (Å²) in [5.41, 5.74) is -0.359. The Morgan fingerprint density at radius 3 is 2.11 bits per heavy atom. The maximum atomic E-state index is 11.5. The first-order valence-corrected chi connectivity index (χ1v) is 6.93. The normalized spacial score (nSPS) is 11.1. The summed E-state index contributed by atoms with van der Waals surface area (Å²) >= 11 is 0. The average molecular weight is 256 g/mol. The van der Waals surface area contributed by atoms with Crippen molar-refractivity contribution < 1.29 is 9.59 Å². The maximum absolute atomic E-state index is 11.5. The Bertz CT molecular complexity index is 257. The van der Waals surface area contributed by atoms with E-state index in [1.165, 1.54) is 0 Å². The van der Waals surface area contributed by atoms with Crippen molar-refractivity contribution in [2.75, 3.05) is 13.1 Å². The molecule has 106 valence electrons. The van der Waals surface area contributed by atoms with E-state index < -0.39 is 0 Å². The second-order valence-electron chi connectivity index (χ2n) is 5.67. The number of rotatable bonds is 8. The standard InChI is InChI=1S/C14H28N2O2/c1-5-6-7-10-15-12(17)9-8-11-16-13(18)14(2,3)4/h5-11H2,1-4H3,(H,15,17)(H,16,18). The summed E-state index contributed by atoms with van der Waals surface area (Å²) in [4.78, 5) is 23.0. The van der Waals surface area contributed by atoms with Crippen molar-refractivity contribution in [1.29, 1.82) is 0 Å². The molecule has 4 nitrogen and oxygen atoms in total. The van der Waals surface area contributed by atoms with E-state index in [1.807, 2.05) is 20.8 Å². The molecule has 0 aliphatic rings. The van der Waals surface area contributed by atoms with Gasteiger partial charge in [0, 0.05) is 24.9 Å². The zero-order chi connectivity index (χ0) is 14.0. The predicted octanol–water partition coefficient (Wildman–Crippen LogP) is 2.24. The molecule has 0 atom stereocenters. The Kier molecular flexibility index (Phi) is 8.42. The van der Waals surface area contributed by atoms with E-state index in [1.54, 1.807) is 0 Å². The van der Waals surface area contributed by atoms with Gasteiger partial charge in [0.25, 0.3) is 0 Å². The summed E-state index contributed by atoms with van der Waals surface area (Å²) in [6, 6.07) is 0. The smallest absolute Gasteiger partial charge is 0.225 e. The SMILES string of the molecule is CCCCCNC(=O)CCCNC(=O)C(C)(C)C. The first-order valence-electron chi connectivity index (χ1n) is 6.93. The van der Waals surface area contributed by atoms with E-state index in [9.17, 15) is 9.59 Å². The fraction of sp³-hybridized carbons (Fsp3) is 0.857. The first-order chi connectivity index (χ1) is 8.38. The molecule has 0 unspecified atom stereocenters. The number of amides is 2. The van der Waals surface area contributed by atoms with Gasteiger partial charge in [-0.3, -0.25) is 9.59 Å². The Labute approximate surface area is 111 Å². The van der Waals surface area contributed by atoms with Gasteiger partial charge in [0.2, 0.25) is 11.8 Å². The molecule has 0 saturated carbocycles. The molecule has 0 spiro atoms. The van der Waals surface area contributed by atoms with Crippen molar-refractivity contribution >= 4 is 11.8 Å². The van der Waals surface area contributed by atoms with Crippen LogP contribution in [0.5, 0.6) is 0 Å². The lowest BCUT2D eigenvalue weighted by Gasteiger charge is -2.17. The highest BCUT2D eigenvalue weighted by Crippen LogP contribution is 2.12. The van der Waals surface area contributed by atoms with Crippen LogP contribution in [-0.4, -0.2) is 24.9 Å². The van der Waals surface area contributed by atoms with Crippen LogP contribution in [0.3, 0.4) is 0 Å². The number of carbonyl (C=O) groups excluding carboxylic acids is 2. The van der Waals surface area contributed by atoms with Crippen molar-refractivity contribution in [2.24, 2.45) is 5.41 Å². The Hall–Kier alpha value is -1.06. The van der Waals surface area contributed by atoms with E-state index in [0.29, 0.717) is 19.4 Å². The molecule has 2 amide bonds. The lowest BCUT2D eigenvalue weighted by molar-refractivity contribution is -0.128. The molecular weight excluding hydrogens is 228 g/mol. The van der Waals surface area contributed by atoms with Gasteiger partial charge in [-0.2, -0.15) is 0 Å². The lowest BCUT2D eigenvalue weighted by Crippen LogP contribution is -2.35. The van der Waals surface area contributed by atoms with Crippen LogP contribution in [0.25, 0.3) is 0 Å². The average Bonchev–Trinajstić information content (AvgIpc) is 2.28. The van der Waals surface area contributed by atoms with Crippen LogP contribution in [0, 0.1) is 5.41 Å². The minimum Gasteiger partial charge on any atom is -0.356 e. The van der Waals surface area contributed by atoms with Crippen LogP contribution < -0.4 is 10.6 Å². The lowest BCUT2D eigenvalue weighted by atomic mass is 9.96. The van der Waals surface area contributed by atoms with Crippen molar-refractivity contribution in [3.63, 3.8) is 0 Å². The van der Waals surface area contributed by atoms with E-state index in [2.05, 4.69) is 17.6 Å². The van der Waals surface area contributed by atoms with E-state index in [0.717, 1.165) is 25.8 Å². The summed E-state index contributed by atoms with van der Waals surface area (Å²) in [6.07, 6.45) is 4.54. The molecule has 0 saturated heterocycles. The molecule has 0 rings (SSSR count). The van der Waals surface area contributed by atoms with Gasteiger partial charge >= 0.3 is 0 Å². The molecule has 0 aliphatic heterocycles. The molecule has 0 aromatic heterocycles. The summed E-state index contributed by atoms with van der Waals surface area (Å²) in [5, 5.41) is 5.72. The molecule has 0 aromatic carbocycles. The van der Waals surface area contributed by atoms with Crippen molar-refractivity contribution in [3.8, 4) is 0 Å². The summed E-state index contributed by atoms with van der Waals surface area (Å²) in [7, 11) is 0. The topological polar surface area (TPSA) is 58.2 Å². The fourth-order valence-corrected chi connectivity index (χ4v) is 1.41. The van der Waals surface area contributed by atoms with Gasteiger partial charge in [0.15, 0.2) is 0 Å². The summed E-state index contributed by atoms with van der Waals surface area (Å²) in [5.74, 6) is 0.113. The molecule has 18 heavy (non-hydrogen) atoms. The number of nitrogens with one attached hydrogen (secondary N) is 2. The largest absolute Gasteiger partial charge is 0.356 e. The number of hydrogen-bond donors (Lipinski definition) is 2. The van der Waals surface area contributed by atoms with Gasteiger partial charge in [-0.15, -0.1) is 0 Å². The molecule has 0 fully saturated rings. The molecule has 2 N–H and O–H groups in total.